The molecule has 0 aliphatic carbocycles. The smallest absolute Gasteiger partial charge is 0.310 e. The molecule has 1 unspecified atom stereocenters. The molecule has 0 bridgehead atoms. The largest absolute Gasteiger partial charge is 0.481 e. The predicted octanol–water partition coefficient (Wildman–Crippen LogP) is 3.37. The molecule has 0 saturated carbocycles. The third-order valence-corrected chi connectivity index (χ3v) is 2.58. The molecule has 0 spiro atoms. The SMILES string of the molecule is Cc1ccc(C=CC(C(=O)O)C(C)C)cc1. The number of benzene rings is 1. The average molecular weight is 218 g/mol. The summed E-state index contributed by atoms with van der Waals surface area (Å²) in [6, 6.07) is 8.02. The monoisotopic (exact) mass is 218 g/mol. The second kappa shape index (κ2) is 5.50. The zero-order valence-electron chi connectivity index (χ0n) is 9.97. The van der Waals surface area contributed by atoms with Gasteiger partial charge in [-0.3, -0.25) is 4.79 Å². The maximum absolute atomic E-state index is 11.0. The number of aryl methyl sites for hydroxylation is 1. The Morgan fingerprint density at radius 2 is 1.81 bits per heavy atom. The summed E-state index contributed by atoms with van der Waals surface area (Å²) in [5, 5.41) is 9.01. The third kappa shape index (κ3) is 3.54. The van der Waals surface area contributed by atoms with E-state index in [2.05, 4.69) is 0 Å². The molecule has 16 heavy (non-hydrogen) atoms. The van der Waals surface area contributed by atoms with Crippen LogP contribution in [0.15, 0.2) is 30.3 Å². The van der Waals surface area contributed by atoms with E-state index in [0.717, 1.165) is 5.56 Å². The zero-order chi connectivity index (χ0) is 12.1. The van der Waals surface area contributed by atoms with Crippen LogP contribution in [0.4, 0.5) is 0 Å². The van der Waals surface area contributed by atoms with Crippen molar-refractivity contribution in [1.82, 2.24) is 0 Å². The van der Waals surface area contributed by atoms with Crippen molar-refractivity contribution in [2.45, 2.75) is 20.8 Å². The Balaban J connectivity index is 2.78. The van der Waals surface area contributed by atoms with E-state index in [1.165, 1.54) is 5.56 Å². The summed E-state index contributed by atoms with van der Waals surface area (Å²) in [5.74, 6) is -1.07. The number of hydrogen-bond acceptors (Lipinski definition) is 1. The average Bonchev–Trinajstić information content (AvgIpc) is 2.20. The summed E-state index contributed by atoms with van der Waals surface area (Å²) in [7, 11) is 0. The molecule has 1 aromatic rings. The Morgan fingerprint density at radius 3 is 2.25 bits per heavy atom. The van der Waals surface area contributed by atoms with Crippen LogP contribution in [0, 0.1) is 18.8 Å². The quantitative estimate of drug-likeness (QED) is 0.841. The number of carboxylic acids is 1. The van der Waals surface area contributed by atoms with Crippen molar-refractivity contribution in [1.29, 1.82) is 0 Å². The fraction of sp³-hybridized carbons (Fsp3) is 0.357. The second-order valence-corrected chi connectivity index (χ2v) is 4.38. The van der Waals surface area contributed by atoms with Crippen LogP contribution in [0.1, 0.15) is 25.0 Å². The molecule has 0 aliphatic heterocycles. The van der Waals surface area contributed by atoms with Gasteiger partial charge in [-0.15, -0.1) is 0 Å². The van der Waals surface area contributed by atoms with Crippen LogP contribution >= 0.6 is 0 Å². The van der Waals surface area contributed by atoms with Crippen LogP contribution in [0.3, 0.4) is 0 Å². The fourth-order valence-corrected chi connectivity index (χ4v) is 1.48. The number of rotatable bonds is 4. The zero-order valence-corrected chi connectivity index (χ0v) is 9.97. The van der Waals surface area contributed by atoms with Crippen molar-refractivity contribution < 1.29 is 9.90 Å². The minimum Gasteiger partial charge on any atom is -0.481 e. The van der Waals surface area contributed by atoms with Gasteiger partial charge in [0.05, 0.1) is 5.92 Å². The maximum atomic E-state index is 11.0. The van der Waals surface area contributed by atoms with Gasteiger partial charge < -0.3 is 5.11 Å². The Morgan fingerprint density at radius 1 is 1.25 bits per heavy atom. The number of aliphatic carboxylic acids is 1. The van der Waals surface area contributed by atoms with E-state index in [1.54, 1.807) is 6.08 Å². The highest BCUT2D eigenvalue weighted by molar-refractivity contribution is 5.74. The van der Waals surface area contributed by atoms with Crippen molar-refractivity contribution in [3.8, 4) is 0 Å². The summed E-state index contributed by atoms with van der Waals surface area (Å²) < 4.78 is 0. The lowest BCUT2D eigenvalue weighted by atomic mass is 9.95. The summed E-state index contributed by atoms with van der Waals surface area (Å²) in [4.78, 5) is 11.0. The molecule has 0 aliphatic rings. The standard InChI is InChI=1S/C14H18O2/c1-10(2)13(14(15)16)9-8-12-6-4-11(3)5-7-12/h4-10,13H,1-3H3,(H,15,16). The highest BCUT2D eigenvalue weighted by Gasteiger charge is 2.17. The van der Waals surface area contributed by atoms with Crippen LogP contribution in [0.5, 0.6) is 0 Å². The summed E-state index contributed by atoms with van der Waals surface area (Å²) in [6.45, 7) is 5.86. The van der Waals surface area contributed by atoms with Gasteiger partial charge in [-0.2, -0.15) is 0 Å². The van der Waals surface area contributed by atoms with Crippen molar-refractivity contribution >= 4 is 12.0 Å². The first-order valence-corrected chi connectivity index (χ1v) is 5.48. The Hall–Kier alpha value is -1.57. The minimum atomic E-state index is -0.765. The molecular weight excluding hydrogens is 200 g/mol. The lowest BCUT2D eigenvalue weighted by Gasteiger charge is -2.10. The predicted molar refractivity (Wildman–Crippen MR) is 66.2 cm³/mol. The second-order valence-electron chi connectivity index (χ2n) is 4.38. The molecule has 0 aromatic heterocycles. The first kappa shape index (κ1) is 12.5. The van der Waals surface area contributed by atoms with E-state index >= 15 is 0 Å². The van der Waals surface area contributed by atoms with Crippen molar-refractivity contribution in [2.24, 2.45) is 11.8 Å². The van der Waals surface area contributed by atoms with Crippen LogP contribution in [-0.2, 0) is 4.79 Å². The number of carbonyl (C=O) groups is 1. The Labute approximate surface area is 96.6 Å². The minimum absolute atomic E-state index is 0.110. The lowest BCUT2D eigenvalue weighted by molar-refractivity contribution is -0.141. The van der Waals surface area contributed by atoms with Gasteiger partial charge in [-0.05, 0) is 18.4 Å². The van der Waals surface area contributed by atoms with E-state index in [1.807, 2.05) is 51.1 Å². The van der Waals surface area contributed by atoms with Crippen molar-refractivity contribution in [2.75, 3.05) is 0 Å². The molecule has 2 heteroatoms. The number of carboxylic acid groups (broad SMARTS) is 1. The van der Waals surface area contributed by atoms with Crippen LogP contribution in [0.2, 0.25) is 0 Å². The third-order valence-electron chi connectivity index (χ3n) is 2.58. The summed E-state index contributed by atoms with van der Waals surface area (Å²) in [5.41, 5.74) is 2.24. The van der Waals surface area contributed by atoms with Gasteiger partial charge in [0, 0.05) is 0 Å². The van der Waals surface area contributed by atoms with Crippen molar-refractivity contribution in [3.05, 3.63) is 41.5 Å². The summed E-state index contributed by atoms with van der Waals surface area (Å²) >= 11 is 0. The summed E-state index contributed by atoms with van der Waals surface area (Å²) in [6.07, 6.45) is 3.63. The Kier molecular flexibility index (Phi) is 4.29. The van der Waals surface area contributed by atoms with Gasteiger partial charge in [0.15, 0.2) is 0 Å². The van der Waals surface area contributed by atoms with Gasteiger partial charge >= 0.3 is 5.97 Å². The molecule has 0 radical (unpaired) electrons. The van der Waals surface area contributed by atoms with Crippen LogP contribution < -0.4 is 0 Å². The first-order chi connectivity index (χ1) is 7.50. The number of hydrogen-bond donors (Lipinski definition) is 1. The van der Waals surface area contributed by atoms with Gasteiger partial charge in [-0.25, -0.2) is 0 Å². The van der Waals surface area contributed by atoms with E-state index in [-0.39, 0.29) is 5.92 Å². The van der Waals surface area contributed by atoms with Gasteiger partial charge in [0.2, 0.25) is 0 Å². The Bertz CT molecular complexity index is 374. The highest BCUT2D eigenvalue weighted by Crippen LogP contribution is 2.15. The van der Waals surface area contributed by atoms with Crippen LogP contribution in [-0.4, -0.2) is 11.1 Å². The molecular formula is C14H18O2. The molecule has 1 N–H and O–H groups in total. The van der Waals surface area contributed by atoms with Gasteiger partial charge in [0.25, 0.3) is 0 Å². The van der Waals surface area contributed by atoms with Crippen LogP contribution in [0.25, 0.3) is 6.08 Å². The lowest BCUT2D eigenvalue weighted by Crippen LogP contribution is -2.16. The first-order valence-electron chi connectivity index (χ1n) is 5.48. The fourth-order valence-electron chi connectivity index (χ4n) is 1.48. The molecule has 1 atom stereocenters. The van der Waals surface area contributed by atoms with E-state index in [9.17, 15) is 4.79 Å². The molecule has 0 amide bonds. The van der Waals surface area contributed by atoms with E-state index in [4.69, 9.17) is 5.11 Å². The topological polar surface area (TPSA) is 37.3 Å². The van der Waals surface area contributed by atoms with Crippen molar-refractivity contribution in [3.63, 3.8) is 0 Å². The molecule has 2 nitrogen and oxygen atoms in total. The van der Waals surface area contributed by atoms with E-state index < -0.39 is 11.9 Å². The highest BCUT2D eigenvalue weighted by atomic mass is 16.4. The molecule has 1 rings (SSSR count). The van der Waals surface area contributed by atoms with E-state index in [0.29, 0.717) is 0 Å². The maximum Gasteiger partial charge on any atom is 0.310 e. The van der Waals surface area contributed by atoms with Gasteiger partial charge in [-0.1, -0.05) is 55.8 Å². The molecule has 0 saturated heterocycles. The molecule has 0 fully saturated rings. The molecule has 86 valence electrons. The molecule has 0 heterocycles. The normalized spacial score (nSPS) is 13.2. The molecule has 1 aromatic carbocycles. The van der Waals surface area contributed by atoms with Gasteiger partial charge in [0.1, 0.15) is 0 Å².